The number of hydrogen-bond donors (Lipinski definition) is 1. The van der Waals surface area contributed by atoms with Crippen LogP contribution in [0.2, 0.25) is 5.02 Å². The molecule has 36 heavy (non-hydrogen) atoms. The Hall–Kier alpha value is -3.96. The molecule has 5 rings (SSSR count). The summed E-state index contributed by atoms with van der Waals surface area (Å²) < 4.78 is 1.91. The Kier molecular flexibility index (Phi) is 6.33. The molecule has 0 saturated heterocycles. The summed E-state index contributed by atoms with van der Waals surface area (Å²) in [6.07, 6.45) is 1.81. The molecule has 0 aliphatic rings. The van der Waals surface area contributed by atoms with Gasteiger partial charge in [0, 0.05) is 21.7 Å². The average Bonchev–Trinajstić information content (AvgIpc) is 3.26. The molecule has 2 heterocycles. The highest BCUT2D eigenvalue weighted by Gasteiger charge is 2.18. The highest BCUT2D eigenvalue weighted by atomic mass is 35.5. The van der Waals surface area contributed by atoms with Crippen molar-refractivity contribution >= 4 is 34.1 Å². The molecule has 0 spiro atoms. The van der Waals surface area contributed by atoms with Crippen LogP contribution in [0.1, 0.15) is 46.9 Å². The van der Waals surface area contributed by atoms with Crippen LogP contribution >= 0.6 is 11.6 Å². The molecular formula is C30H27ClN4O. The molecule has 1 amide bonds. The number of nitrogens with one attached hydrogen (secondary N) is 1. The quantitative estimate of drug-likeness (QED) is 0.272. The maximum Gasteiger partial charge on any atom is 0.256 e. The lowest BCUT2D eigenvalue weighted by atomic mass is 10.0. The van der Waals surface area contributed by atoms with Crippen molar-refractivity contribution in [3.63, 3.8) is 0 Å². The van der Waals surface area contributed by atoms with E-state index in [1.54, 1.807) is 6.07 Å². The van der Waals surface area contributed by atoms with Gasteiger partial charge in [-0.25, -0.2) is 9.67 Å². The minimum Gasteiger partial charge on any atom is -0.322 e. The molecular weight excluding hydrogens is 468 g/mol. The molecule has 0 aliphatic heterocycles. The molecule has 5 nitrogen and oxygen atoms in total. The molecule has 0 bridgehead atoms. The summed E-state index contributed by atoms with van der Waals surface area (Å²) in [5.74, 6) is 0.250. The molecule has 0 saturated carbocycles. The first kappa shape index (κ1) is 23.8. The molecule has 0 unspecified atom stereocenters. The van der Waals surface area contributed by atoms with E-state index in [1.807, 2.05) is 67.2 Å². The monoisotopic (exact) mass is 494 g/mol. The van der Waals surface area contributed by atoms with Gasteiger partial charge in [0.05, 0.1) is 34.4 Å². The lowest BCUT2D eigenvalue weighted by Gasteiger charge is -2.12. The average molecular weight is 495 g/mol. The fraction of sp³-hybridized carbons (Fsp3) is 0.167. The van der Waals surface area contributed by atoms with E-state index in [4.69, 9.17) is 16.6 Å². The Labute approximate surface area is 215 Å². The van der Waals surface area contributed by atoms with Gasteiger partial charge in [-0.15, -0.1) is 0 Å². The van der Waals surface area contributed by atoms with Crippen LogP contribution in [0.4, 0.5) is 5.69 Å². The summed E-state index contributed by atoms with van der Waals surface area (Å²) in [6, 6.07) is 23.4. The second-order valence-electron chi connectivity index (χ2n) is 9.29. The third kappa shape index (κ3) is 4.50. The molecule has 0 radical (unpaired) electrons. The van der Waals surface area contributed by atoms with E-state index in [-0.39, 0.29) is 5.91 Å². The predicted octanol–water partition coefficient (Wildman–Crippen LogP) is 7.73. The number of rotatable bonds is 5. The van der Waals surface area contributed by atoms with Gasteiger partial charge in [0.2, 0.25) is 0 Å². The van der Waals surface area contributed by atoms with E-state index in [1.165, 1.54) is 5.56 Å². The van der Waals surface area contributed by atoms with Gasteiger partial charge in [0.15, 0.2) is 0 Å². The molecule has 1 N–H and O–H groups in total. The molecule has 5 aromatic rings. The van der Waals surface area contributed by atoms with E-state index < -0.39 is 0 Å². The highest BCUT2D eigenvalue weighted by molar-refractivity contribution is 6.31. The first-order valence-corrected chi connectivity index (χ1v) is 12.3. The van der Waals surface area contributed by atoms with Crippen LogP contribution in [-0.4, -0.2) is 20.7 Å². The lowest BCUT2D eigenvalue weighted by Crippen LogP contribution is -2.13. The third-order valence-electron chi connectivity index (χ3n) is 6.48. The van der Waals surface area contributed by atoms with Crippen LogP contribution in [0, 0.1) is 13.8 Å². The van der Waals surface area contributed by atoms with Crippen LogP contribution in [0.5, 0.6) is 0 Å². The van der Waals surface area contributed by atoms with Gasteiger partial charge in [-0.3, -0.25) is 4.79 Å². The summed E-state index contributed by atoms with van der Waals surface area (Å²) in [5.41, 5.74) is 7.68. The van der Waals surface area contributed by atoms with Crippen LogP contribution < -0.4 is 5.32 Å². The summed E-state index contributed by atoms with van der Waals surface area (Å²) in [7, 11) is 0. The van der Waals surface area contributed by atoms with Crippen LogP contribution in [-0.2, 0) is 0 Å². The number of hydrogen-bond acceptors (Lipinski definition) is 3. The summed E-state index contributed by atoms with van der Waals surface area (Å²) >= 11 is 6.27. The number of halogens is 1. The Bertz CT molecular complexity index is 1590. The standard InChI is InChI=1S/C30H27ClN4O/c1-18(2)21-10-13-23(14-11-21)35-20(4)26(17-32-35)29-16-25(24-7-5-6-8-28(24)34-29)30(36)33-22-12-9-19(3)27(31)15-22/h5-18H,1-4H3,(H,33,36). The number of benzene rings is 3. The van der Waals surface area contributed by atoms with Crippen molar-refractivity contribution in [1.29, 1.82) is 0 Å². The number of aryl methyl sites for hydroxylation is 1. The Morgan fingerprint density at radius 1 is 0.972 bits per heavy atom. The Balaban J connectivity index is 1.55. The Morgan fingerprint density at radius 3 is 2.44 bits per heavy atom. The summed E-state index contributed by atoms with van der Waals surface area (Å²) in [6.45, 7) is 8.30. The van der Waals surface area contributed by atoms with Gasteiger partial charge in [0.1, 0.15) is 0 Å². The first-order chi connectivity index (χ1) is 17.3. The fourth-order valence-electron chi connectivity index (χ4n) is 4.29. The van der Waals surface area contributed by atoms with E-state index in [0.29, 0.717) is 27.9 Å². The van der Waals surface area contributed by atoms with Crippen molar-refractivity contribution in [2.75, 3.05) is 5.32 Å². The first-order valence-electron chi connectivity index (χ1n) is 11.9. The number of nitrogens with zero attached hydrogens (tertiary/aromatic N) is 3. The van der Waals surface area contributed by atoms with Crippen molar-refractivity contribution in [2.45, 2.75) is 33.6 Å². The van der Waals surface area contributed by atoms with Crippen molar-refractivity contribution in [3.8, 4) is 16.9 Å². The number of pyridine rings is 1. The number of carbonyl (C=O) groups is 1. The largest absolute Gasteiger partial charge is 0.322 e. The van der Waals surface area contributed by atoms with E-state index >= 15 is 0 Å². The fourth-order valence-corrected chi connectivity index (χ4v) is 4.47. The maximum absolute atomic E-state index is 13.4. The number of anilines is 1. The number of carbonyl (C=O) groups excluding carboxylic acids is 1. The van der Waals surface area contributed by atoms with Crippen molar-refractivity contribution < 1.29 is 4.79 Å². The maximum atomic E-state index is 13.4. The predicted molar refractivity (Wildman–Crippen MR) is 147 cm³/mol. The molecule has 0 atom stereocenters. The number of fused-ring (bicyclic) bond motifs is 1. The molecule has 180 valence electrons. The van der Waals surface area contributed by atoms with Gasteiger partial charge in [-0.05, 0) is 67.3 Å². The number of amides is 1. The van der Waals surface area contributed by atoms with Gasteiger partial charge in [-0.1, -0.05) is 61.8 Å². The minimum absolute atomic E-state index is 0.218. The van der Waals surface area contributed by atoms with Gasteiger partial charge in [0.25, 0.3) is 5.91 Å². The lowest BCUT2D eigenvalue weighted by molar-refractivity contribution is 0.102. The zero-order valence-electron chi connectivity index (χ0n) is 20.7. The normalized spacial score (nSPS) is 11.3. The van der Waals surface area contributed by atoms with Crippen LogP contribution in [0.25, 0.3) is 27.8 Å². The van der Waals surface area contributed by atoms with E-state index in [2.05, 4.69) is 48.5 Å². The number of para-hydroxylation sites is 1. The Morgan fingerprint density at radius 2 is 1.72 bits per heavy atom. The molecule has 2 aromatic heterocycles. The van der Waals surface area contributed by atoms with Gasteiger partial charge in [-0.2, -0.15) is 5.10 Å². The van der Waals surface area contributed by atoms with Crippen molar-refractivity contribution in [1.82, 2.24) is 14.8 Å². The minimum atomic E-state index is -0.218. The highest BCUT2D eigenvalue weighted by Crippen LogP contribution is 2.29. The zero-order valence-corrected chi connectivity index (χ0v) is 21.5. The SMILES string of the molecule is Cc1ccc(NC(=O)c2cc(-c3cnn(-c4ccc(C(C)C)cc4)c3C)nc3ccccc23)cc1Cl. The second-order valence-corrected chi connectivity index (χ2v) is 9.70. The van der Waals surface area contributed by atoms with Crippen LogP contribution in [0.3, 0.4) is 0 Å². The molecule has 3 aromatic carbocycles. The van der Waals surface area contributed by atoms with Crippen molar-refractivity contribution in [3.05, 3.63) is 106 Å². The van der Waals surface area contributed by atoms with E-state index in [0.717, 1.165) is 33.4 Å². The molecule has 6 heteroatoms. The molecule has 0 aliphatic carbocycles. The smallest absolute Gasteiger partial charge is 0.256 e. The second kappa shape index (κ2) is 9.59. The van der Waals surface area contributed by atoms with Gasteiger partial charge < -0.3 is 5.32 Å². The third-order valence-corrected chi connectivity index (χ3v) is 6.89. The van der Waals surface area contributed by atoms with Crippen molar-refractivity contribution in [2.24, 2.45) is 0 Å². The zero-order chi connectivity index (χ0) is 25.4. The van der Waals surface area contributed by atoms with E-state index in [9.17, 15) is 4.79 Å². The summed E-state index contributed by atoms with van der Waals surface area (Å²) in [5, 5.41) is 9.02. The molecule has 0 fully saturated rings. The van der Waals surface area contributed by atoms with Crippen LogP contribution in [0.15, 0.2) is 79.0 Å². The topological polar surface area (TPSA) is 59.8 Å². The van der Waals surface area contributed by atoms with Gasteiger partial charge >= 0.3 is 0 Å². The number of aromatic nitrogens is 3. The summed E-state index contributed by atoms with van der Waals surface area (Å²) in [4.78, 5) is 18.3.